The molecule has 2 heterocycles. The van der Waals surface area contributed by atoms with E-state index in [-0.39, 0.29) is 24.4 Å². The van der Waals surface area contributed by atoms with Crippen LogP contribution in [0.3, 0.4) is 0 Å². The lowest BCUT2D eigenvalue weighted by Crippen LogP contribution is -2.38. The molecule has 4 aromatic rings. The third-order valence-corrected chi connectivity index (χ3v) is 6.70. The van der Waals surface area contributed by atoms with Crippen molar-refractivity contribution in [1.29, 1.82) is 0 Å². The number of hydrogen-bond acceptors (Lipinski definition) is 3. The Kier molecular flexibility index (Phi) is 4.89. The van der Waals surface area contributed by atoms with Gasteiger partial charge in [0.15, 0.2) is 0 Å². The molecule has 1 aliphatic heterocycles. The Morgan fingerprint density at radius 3 is 2.63 bits per heavy atom. The fourth-order valence-corrected chi connectivity index (χ4v) is 5.14. The number of nitrogens with one attached hydrogen (secondary N) is 1. The highest BCUT2D eigenvalue weighted by atomic mass is 79.9. The monoisotopic (exact) mass is 476 g/mol. The van der Waals surface area contributed by atoms with Crippen LogP contribution in [0.5, 0.6) is 0 Å². The topological polar surface area (TPSA) is 49.4 Å². The van der Waals surface area contributed by atoms with Crippen LogP contribution >= 0.6 is 27.3 Å². The molecule has 1 atom stereocenters. The summed E-state index contributed by atoms with van der Waals surface area (Å²) >= 11 is 5.12. The Bertz CT molecular complexity index is 1270. The molecule has 0 saturated carbocycles. The van der Waals surface area contributed by atoms with Crippen molar-refractivity contribution in [2.45, 2.75) is 6.04 Å². The summed E-state index contributed by atoms with van der Waals surface area (Å²) in [6.07, 6.45) is 0. The maximum Gasteiger partial charge on any atom is 0.255 e. The van der Waals surface area contributed by atoms with Gasteiger partial charge in [-0.05, 0) is 52.6 Å². The normalized spacial score (nSPS) is 16.1. The maximum absolute atomic E-state index is 13.7. The summed E-state index contributed by atoms with van der Waals surface area (Å²) in [4.78, 5) is 29.1. The molecule has 1 aliphatic rings. The summed E-state index contributed by atoms with van der Waals surface area (Å²) in [5.74, 6) is -0.367. The average molecular weight is 477 g/mol. The predicted octanol–water partition coefficient (Wildman–Crippen LogP) is 5.85. The van der Waals surface area contributed by atoms with Crippen LogP contribution in [0.4, 0.5) is 5.69 Å². The molecule has 6 heteroatoms. The van der Waals surface area contributed by atoms with Gasteiger partial charge < -0.3 is 10.2 Å². The summed E-state index contributed by atoms with van der Waals surface area (Å²) in [6.45, 7) is -0.0134. The van der Waals surface area contributed by atoms with Crippen molar-refractivity contribution in [1.82, 2.24) is 4.90 Å². The van der Waals surface area contributed by atoms with Crippen LogP contribution in [-0.4, -0.2) is 23.3 Å². The van der Waals surface area contributed by atoms with E-state index in [4.69, 9.17) is 0 Å². The molecular formula is C24H17BrN2O2S. The van der Waals surface area contributed by atoms with Crippen LogP contribution in [0.25, 0.3) is 10.8 Å². The number of anilines is 1. The summed E-state index contributed by atoms with van der Waals surface area (Å²) in [7, 11) is 0. The van der Waals surface area contributed by atoms with E-state index in [2.05, 4.69) is 21.2 Å². The van der Waals surface area contributed by atoms with Gasteiger partial charge in [0.25, 0.3) is 5.91 Å². The fraction of sp³-hybridized carbons (Fsp3) is 0.0833. The first-order valence-corrected chi connectivity index (χ1v) is 11.2. The molecule has 2 amide bonds. The molecule has 0 spiro atoms. The van der Waals surface area contributed by atoms with Crippen molar-refractivity contribution in [2.75, 3.05) is 11.9 Å². The summed E-state index contributed by atoms with van der Waals surface area (Å²) in [5.41, 5.74) is 2.20. The van der Waals surface area contributed by atoms with Crippen LogP contribution in [0.2, 0.25) is 0 Å². The predicted molar refractivity (Wildman–Crippen MR) is 124 cm³/mol. The van der Waals surface area contributed by atoms with E-state index in [9.17, 15) is 9.59 Å². The van der Waals surface area contributed by atoms with Gasteiger partial charge in [-0.2, -0.15) is 0 Å². The van der Waals surface area contributed by atoms with Crippen molar-refractivity contribution in [2.24, 2.45) is 0 Å². The lowest BCUT2D eigenvalue weighted by Gasteiger charge is -2.29. The first kappa shape index (κ1) is 19.0. The highest BCUT2D eigenvalue weighted by Crippen LogP contribution is 2.39. The molecule has 30 heavy (non-hydrogen) atoms. The van der Waals surface area contributed by atoms with Crippen LogP contribution in [-0.2, 0) is 4.79 Å². The molecule has 1 aromatic heterocycles. The standard InChI is InChI=1S/C24H17BrN2O2S/c25-18-9-10-20-19(13-18)23(21-6-3-11-30-21)27(14-22(28)26-20)24(29)17-8-7-15-4-1-2-5-16(15)12-17/h1-13,23H,14H2,(H,26,28). The van der Waals surface area contributed by atoms with Gasteiger partial charge in [0.05, 0.1) is 6.04 Å². The van der Waals surface area contributed by atoms with E-state index in [1.807, 2.05) is 78.2 Å². The highest BCUT2D eigenvalue weighted by molar-refractivity contribution is 9.10. The number of fused-ring (bicyclic) bond motifs is 2. The van der Waals surface area contributed by atoms with Gasteiger partial charge in [0, 0.05) is 26.2 Å². The van der Waals surface area contributed by atoms with Gasteiger partial charge in [0.1, 0.15) is 6.54 Å². The number of benzene rings is 3. The SMILES string of the molecule is O=C1CN(C(=O)c2ccc3ccccc3c2)C(c2cccs2)c2cc(Br)ccc2N1. The number of nitrogens with zero attached hydrogens (tertiary/aromatic N) is 1. The average Bonchev–Trinajstić information content (AvgIpc) is 3.24. The lowest BCUT2D eigenvalue weighted by atomic mass is 10.00. The van der Waals surface area contributed by atoms with E-state index < -0.39 is 0 Å². The fourth-order valence-electron chi connectivity index (χ4n) is 3.91. The summed E-state index contributed by atoms with van der Waals surface area (Å²) in [6, 6.07) is 23.0. The van der Waals surface area contributed by atoms with Gasteiger partial charge >= 0.3 is 0 Å². The van der Waals surface area contributed by atoms with Crippen molar-refractivity contribution in [3.63, 3.8) is 0 Å². The van der Waals surface area contributed by atoms with Gasteiger partial charge in [0.2, 0.25) is 5.91 Å². The smallest absolute Gasteiger partial charge is 0.255 e. The maximum atomic E-state index is 13.7. The minimum absolute atomic E-state index is 0.0134. The number of amides is 2. The molecular weight excluding hydrogens is 460 g/mol. The van der Waals surface area contributed by atoms with Gasteiger partial charge in [-0.15, -0.1) is 11.3 Å². The van der Waals surface area contributed by atoms with E-state index in [1.54, 1.807) is 16.2 Å². The minimum Gasteiger partial charge on any atom is -0.324 e. The highest BCUT2D eigenvalue weighted by Gasteiger charge is 2.34. The van der Waals surface area contributed by atoms with Crippen LogP contribution in [0.15, 0.2) is 82.6 Å². The molecule has 3 aromatic carbocycles. The van der Waals surface area contributed by atoms with E-state index in [1.165, 1.54) is 0 Å². The van der Waals surface area contributed by atoms with Gasteiger partial charge in [-0.3, -0.25) is 9.59 Å². The molecule has 0 saturated heterocycles. The van der Waals surface area contributed by atoms with Gasteiger partial charge in [-0.25, -0.2) is 0 Å². The third kappa shape index (κ3) is 3.42. The molecule has 0 radical (unpaired) electrons. The number of thiophene rings is 1. The summed E-state index contributed by atoms with van der Waals surface area (Å²) in [5, 5.41) is 7.02. The van der Waals surface area contributed by atoms with Crippen LogP contribution in [0.1, 0.15) is 26.8 Å². The first-order valence-electron chi connectivity index (χ1n) is 9.52. The minimum atomic E-state index is -0.351. The van der Waals surface area contributed by atoms with E-state index >= 15 is 0 Å². The van der Waals surface area contributed by atoms with Crippen molar-refractivity contribution < 1.29 is 9.59 Å². The molecule has 4 nitrogen and oxygen atoms in total. The number of halogens is 1. The molecule has 0 fully saturated rings. The number of rotatable bonds is 2. The zero-order chi connectivity index (χ0) is 20.7. The Labute approximate surface area is 186 Å². The third-order valence-electron chi connectivity index (χ3n) is 5.28. The van der Waals surface area contributed by atoms with E-state index in [0.29, 0.717) is 5.56 Å². The Hall–Kier alpha value is -2.96. The van der Waals surface area contributed by atoms with Gasteiger partial charge in [-0.1, -0.05) is 52.3 Å². The second-order valence-corrected chi connectivity index (χ2v) is 9.09. The first-order chi connectivity index (χ1) is 14.6. The lowest BCUT2D eigenvalue weighted by molar-refractivity contribution is -0.117. The second kappa shape index (κ2) is 7.70. The quantitative estimate of drug-likeness (QED) is 0.394. The largest absolute Gasteiger partial charge is 0.324 e. The van der Waals surface area contributed by atoms with Crippen molar-refractivity contribution in [3.05, 3.63) is 98.7 Å². The number of carbonyl (C=O) groups excluding carboxylic acids is 2. The second-order valence-electron chi connectivity index (χ2n) is 7.19. The molecule has 148 valence electrons. The molecule has 0 bridgehead atoms. The van der Waals surface area contributed by atoms with Crippen molar-refractivity contribution in [3.8, 4) is 0 Å². The Morgan fingerprint density at radius 1 is 1.00 bits per heavy atom. The Balaban J connectivity index is 1.65. The number of hydrogen-bond donors (Lipinski definition) is 1. The summed E-state index contributed by atoms with van der Waals surface area (Å²) < 4.78 is 0.900. The van der Waals surface area contributed by atoms with E-state index in [0.717, 1.165) is 31.4 Å². The van der Waals surface area contributed by atoms with Crippen LogP contribution < -0.4 is 5.32 Å². The molecule has 0 aliphatic carbocycles. The molecule has 5 rings (SSSR count). The van der Waals surface area contributed by atoms with Crippen molar-refractivity contribution >= 4 is 55.5 Å². The molecule has 1 N–H and O–H groups in total. The Morgan fingerprint density at radius 2 is 1.83 bits per heavy atom. The number of carbonyl (C=O) groups is 2. The zero-order valence-electron chi connectivity index (χ0n) is 15.8. The zero-order valence-corrected chi connectivity index (χ0v) is 18.2. The van der Waals surface area contributed by atoms with Crippen LogP contribution in [0, 0.1) is 0 Å². The molecule has 1 unspecified atom stereocenters.